The fourth-order valence-electron chi connectivity index (χ4n) is 11.0. The smallest absolute Gasteiger partial charge is 0.406 e. The molecule has 5 rings (SSSR count). The molecule has 0 bridgehead atoms. The van der Waals surface area contributed by atoms with Gasteiger partial charge in [0.05, 0.1) is 18.8 Å². The van der Waals surface area contributed by atoms with E-state index in [1.807, 2.05) is 13.8 Å². The van der Waals surface area contributed by atoms with E-state index in [2.05, 4.69) is 45.9 Å². The molecule has 0 saturated heterocycles. The van der Waals surface area contributed by atoms with E-state index in [0.717, 1.165) is 43.9 Å². The summed E-state index contributed by atoms with van der Waals surface area (Å²) in [5.41, 5.74) is 1.14. The second kappa shape index (κ2) is 11.1. The van der Waals surface area contributed by atoms with E-state index in [4.69, 9.17) is 4.74 Å². The maximum Gasteiger partial charge on any atom is 0.406 e. The van der Waals surface area contributed by atoms with E-state index in [1.54, 1.807) is 7.05 Å². The van der Waals surface area contributed by atoms with Gasteiger partial charge in [0, 0.05) is 7.05 Å². The molecule has 0 aliphatic heterocycles. The molecule has 5 aliphatic rings. The van der Waals surface area contributed by atoms with Crippen LogP contribution < -0.4 is 5.32 Å². The molecule has 0 aromatic heterocycles. The molecule has 212 valence electrons. The van der Waals surface area contributed by atoms with Crippen molar-refractivity contribution in [2.75, 3.05) is 13.7 Å². The Morgan fingerprint density at radius 1 is 0.973 bits per heavy atom. The summed E-state index contributed by atoms with van der Waals surface area (Å²) in [5.74, 6) is 3.15. The minimum atomic E-state index is -0.359. The third-order valence-corrected chi connectivity index (χ3v) is 12.5. The molecule has 3 N–H and O–H groups in total. The molecule has 3 unspecified atom stereocenters. The average Bonchev–Trinajstić information content (AvgIpc) is 3.32. The SMILES string of the molecule is C#C.CC.CNC(=O)OCCCC[C@H]1[C@H](O)CC2[C@@H]3CCC4C(C)(C)[C@@H](O)CCC45[C@@H](C)[C@@]35CC[C@@]21C. The summed E-state index contributed by atoms with van der Waals surface area (Å²) in [6, 6.07) is 0. The predicted octanol–water partition coefficient (Wildman–Crippen LogP) is 6.42. The normalized spacial score (nSPS) is 46.2. The van der Waals surface area contributed by atoms with Gasteiger partial charge in [0.1, 0.15) is 0 Å². The Hall–Kier alpha value is -1.25. The number of hydrogen-bond donors (Lipinski definition) is 3. The van der Waals surface area contributed by atoms with E-state index in [0.29, 0.717) is 35.2 Å². The minimum Gasteiger partial charge on any atom is -0.450 e. The topological polar surface area (TPSA) is 78.8 Å². The zero-order chi connectivity index (χ0) is 27.8. The van der Waals surface area contributed by atoms with Gasteiger partial charge < -0.3 is 20.3 Å². The van der Waals surface area contributed by atoms with Gasteiger partial charge in [-0.25, -0.2) is 4.79 Å². The summed E-state index contributed by atoms with van der Waals surface area (Å²) in [5, 5.41) is 24.6. The second-order valence-electron chi connectivity index (χ2n) is 13.3. The van der Waals surface area contributed by atoms with Crippen LogP contribution in [0.15, 0.2) is 0 Å². The number of ether oxygens (including phenoxy) is 1. The van der Waals surface area contributed by atoms with E-state index in [-0.39, 0.29) is 29.1 Å². The lowest BCUT2D eigenvalue weighted by Gasteiger charge is -2.59. The van der Waals surface area contributed by atoms with Crippen LogP contribution in [0.1, 0.15) is 106 Å². The van der Waals surface area contributed by atoms with Gasteiger partial charge in [0.15, 0.2) is 0 Å². The molecule has 0 aromatic rings. The summed E-state index contributed by atoms with van der Waals surface area (Å²) in [6.45, 7) is 14.2. The van der Waals surface area contributed by atoms with Gasteiger partial charge in [0.2, 0.25) is 0 Å². The number of alkyl carbamates (subject to hydrolysis) is 1. The van der Waals surface area contributed by atoms with Crippen LogP contribution in [0.25, 0.3) is 0 Å². The number of aliphatic hydroxyl groups is 2. The zero-order valence-corrected chi connectivity index (χ0v) is 24.7. The fourth-order valence-corrected chi connectivity index (χ4v) is 11.0. The zero-order valence-electron chi connectivity index (χ0n) is 24.7. The number of aliphatic hydroxyl groups excluding tert-OH is 2. The number of amides is 1. The molecule has 5 saturated carbocycles. The van der Waals surface area contributed by atoms with Crippen LogP contribution in [-0.2, 0) is 4.74 Å². The predicted molar refractivity (Wildman–Crippen MR) is 150 cm³/mol. The highest BCUT2D eigenvalue weighted by molar-refractivity contribution is 5.66. The van der Waals surface area contributed by atoms with Gasteiger partial charge >= 0.3 is 6.09 Å². The molecule has 5 heteroatoms. The van der Waals surface area contributed by atoms with Crippen LogP contribution in [0.3, 0.4) is 0 Å². The number of terminal acetylenes is 1. The Bertz CT molecular complexity index is 825. The maximum absolute atomic E-state index is 11.3. The maximum atomic E-state index is 11.3. The van der Waals surface area contributed by atoms with Crippen LogP contribution in [-0.4, -0.2) is 42.2 Å². The van der Waals surface area contributed by atoms with E-state index in [9.17, 15) is 15.0 Å². The number of carbonyl (C=O) groups excluding carboxylic acids is 1. The molecule has 10 atom stereocenters. The number of carbonyl (C=O) groups is 1. The van der Waals surface area contributed by atoms with E-state index in [1.165, 1.54) is 32.1 Å². The number of hydrogen-bond acceptors (Lipinski definition) is 4. The van der Waals surface area contributed by atoms with E-state index >= 15 is 0 Å². The van der Waals surface area contributed by atoms with Gasteiger partial charge in [-0.2, -0.15) is 0 Å². The van der Waals surface area contributed by atoms with Crippen molar-refractivity contribution in [2.24, 2.45) is 51.2 Å². The third kappa shape index (κ3) is 4.24. The molecule has 5 aliphatic carbocycles. The van der Waals surface area contributed by atoms with Crippen LogP contribution >= 0.6 is 0 Å². The van der Waals surface area contributed by atoms with Gasteiger partial charge in [0.25, 0.3) is 0 Å². The van der Waals surface area contributed by atoms with Crippen molar-refractivity contribution in [3.63, 3.8) is 0 Å². The van der Waals surface area contributed by atoms with Crippen molar-refractivity contribution < 1.29 is 19.7 Å². The van der Waals surface area contributed by atoms with Crippen molar-refractivity contribution in [3.8, 4) is 12.8 Å². The largest absolute Gasteiger partial charge is 0.450 e. The molecule has 0 heterocycles. The van der Waals surface area contributed by atoms with Crippen LogP contribution in [0.4, 0.5) is 4.79 Å². The number of fused-ring (bicyclic) bond motifs is 2. The molecule has 1 amide bonds. The molecule has 37 heavy (non-hydrogen) atoms. The van der Waals surface area contributed by atoms with Crippen molar-refractivity contribution in [2.45, 2.75) is 118 Å². The van der Waals surface area contributed by atoms with Crippen LogP contribution in [0.5, 0.6) is 0 Å². The van der Waals surface area contributed by atoms with Crippen molar-refractivity contribution >= 4 is 6.09 Å². The van der Waals surface area contributed by atoms with Crippen LogP contribution in [0.2, 0.25) is 0 Å². The highest BCUT2D eigenvalue weighted by atomic mass is 16.5. The highest BCUT2D eigenvalue weighted by Gasteiger charge is 2.84. The first kappa shape index (κ1) is 30.3. The highest BCUT2D eigenvalue weighted by Crippen LogP contribution is 2.89. The lowest BCUT2D eigenvalue weighted by Crippen LogP contribution is -2.54. The van der Waals surface area contributed by atoms with Gasteiger partial charge in [-0.3, -0.25) is 0 Å². The Kier molecular flexibility index (Phi) is 9.08. The second-order valence-corrected chi connectivity index (χ2v) is 13.3. The molecule has 0 aromatic carbocycles. The van der Waals surface area contributed by atoms with Gasteiger partial charge in [-0.05, 0) is 115 Å². The summed E-state index contributed by atoms with van der Waals surface area (Å²) in [6.07, 6.45) is 18.4. The minimum absolute atomic E-state index is 0.0240. The third-order valence-electron chi connectivity index (χ3n) is 12.5. The number of rotatable bonds is 5. The summed E-state index contributed by atoms with van der Waals surface area (Å²) >= 11 is 0. The van der Waals surface area contributed by atoms with Gasteiger partial charge in [-0.15, -0.1) is 12.8 Å². The summed E-state index contributed by atoms with van der Waals surface area (Å²) in [7, 11) is 1.59. The fraction of sp³-hybridized carbons (Fsp3) is 0.906. The van der Waals surface area contributed by atoms with Crippen molar-refractivity contribution in [1.29, 1.82) is 0 Å². The Morgan fingerprint density at radius 2 is 1.65 bits per heavy atom. The Labute approximate surface area is 226 Å². The van der Waals surface area contributed by atoms with Crippen molar-refractivity contribution in [1.82, 2.24) is 5.32 Å². The molecular formula is C32H55NO4. The monoisotopic (exact) mass is 517 g/mol. The molecule has 5 nitrogen and oxygen atoms in total. The average molecular weight is 518 g/mol. The molecule has 0 radical (unpaired) electrons. The van der Waals surface area contributed by atoms with Crippen LogP contribution in [0, 0.1) is 64.1 Å². The Balaban J connectivity index is 0.000000907. The lowest BCUT2D eigenvalue weighted by molar-refractivity contribution is -0.132. The molecule has 5 fully saturated rings. The summed E-state index contributed by atoms with van der Waals surface area (Å²) in [4.78, 5) is 11.3. The number of unbranched alkanes of at least 4 members (excludes halogenated alkanes) is 1. The Morgan fingerprint density at radius 3 is 2.30 bits per heavy atom. The first-order valence-electron chi connectivity index (χ1n) is 15.1. The quantitative estimate of drug-likeness (QED) is 0.291. The lowest BCUT2D eigenvalue weighted by atomic mass is 9.46. The summed E-state index contributed by atoms with van der Waals surface area (Å²) < 4.78 is 5.16. The number of nitrogens with one attached hydrogen (secondary N) is 1. The first-order chi connectivity index (χ1) is 17.6. The van der Waals surface area contributed by atoms with Crippen molar-refractivity contribution in [3.05, 3.63) is 0 Å². The first-order valence-corrected chi connectivity index (χ1v) is 15.1. The molecule has 2 spiro atoms. The van der Waals surface area contributed by atoms with E-state index < -0.39 is 0 Å². The standard InChI is InChI=1S/C28H47NO4.C2H6.C2H2/c1-17-27-14-13-26(4)19(8-6-7-15-33-24(32)29-5)21(30)16-20(26)18(27)9-10-22-25(2,3)23(31)11-12-28(17,22)27;2*1-2/h17-23,30-31H,6-16H2,1-5H3,(H,29,32);1-2H3;1-2H/t17-,18-,19-,20?,21+,22?,23-,26+,27-,28?;;/m0../s1. The molecular weight excluding hydrogens is 462 g/mol. The van der Waals surface area contributed by atoms with Gasteiger partial charge in [-0.1, -0.05) is 41.5 Å².